The molecule has 0 fully saturated rings. The van der Waals surface area contributed by atoms with Gasteiger partial charge in [0.2, 0.25) is 0 Å². The number of rotatable bonds is 5. The molecule has 2 nitrogen and oxygen atoms in total. The molecule has 1 N–H and O–H groups in total. The molecule has 2 aromatic carbocycles. The lowest BCUT2D eigenvalue weighted by molar-refractivity contribution is 0.306. The fraction of sp³-hybridized carbons (Fsp3) is 0.333. The summed E-state index contributed by atoms with van der Waals surface area (Å²) in [7, 11) is 0. The van der Waals surface area contributed by atoms with Gasteiger partial charge in [-0.2, -0.15) is 0 Å². The molecule has 0 saturated heterocycles. The van der Waals surface area contributed by atoms with Crippen molar-refractivity contribution < 1.29 is 9.84 Å². The minimum absolute atomic E-state index is 0.292. The number of hydrogen-bond donors (Lipinski definition) is 1. The predicted molar refractivity (Wildman–Crippen MR) is 70.6 cm³/mol. The Hall–Kier alpha value is -1.70. The first kappa shape index (κ1) is 11.8. The lowest BCUT2D eigenvalue weighted by Gasteiger charge is -2.07. The zero-order valence-corrected chi connectivity index (χ0v) is 10.1. The summed E-state index contributed by atoms with van der Waals surface area (Å²) >= 11 is 0. The molecule has 0 aromatic heterocycles. The molecule has 0 spiro atoms. The van der Waals surface area contributed by atoms with E-state index in [1.807, 2.05) is 24.3 Å². The Balaban J connectivity index is 2.08. The molecule has 0 saturated carbocycles. The fourth-order valence-electron chi connectivity index (χ4n) is 1.84. The number of phenols is 1. The van der Waals surface area contributed by atoms with E-state index in [4.69, 9.17) is 4.74 Å². The summed E-state index contributed by atoms with van der Waals surface area (Å²) in [5.41, 5.74) is 0. The van der Waals surface area contributed by atoms with Gasteiger partial charge in [-0.05, 0) is 41.5 Å². The first-order valence-corrected chi connectivity index (χ1v) is 6.15. The molecule has 0 aliphatic heterocycles. The Kier molecular flexibility index (Phi) is 3.86. The molecule has 0 aliphatic carbocycles. The number of benzene rings is 2. The van der Waals surface area contributed by atoms with Crippen molar-refractivity contribution in [1.82, 2.24) is 0 Å². The van der Waals surface area contributed by atoms with Crippen molar-refractivity contribution in [2.75, 3.05) is 6.61 Å². The van der Waals surface area contributed by atoms with Gasteiger partial charge in [0.15, 0.2) is 0 Å². The van der Waals surface area contributed by atoms with Crippen LogP contribution in [0.4, 0.5) is 0 Å². The molecule has 0 unspecified atom stereocenters. The van der Waals surface area contributed by atoms with Crippen molar-refractivity contribution in [3.05, 3.63) is 36.4 Å². The summed E-state index contributed by atoms with van der Waals surface area (Å²) in [4.78, 5) is 0. The fourth-order valence-corrected chi connectivity index (χ4v) is 1.84. The Bertz CT molecular complexity index is 491. The normalized spacial score (nSPS) is 10.6. The minimum atomic E-state index is 0.292. The van der Waals surface area contributed by atoms with E-state index in [-0.39, 0.29) is 0 Å². The maximum Gasteiger partial charge on any atom is 0.119 e. The molecular weight excluding hydrogens is 212 g/mol. The second kappa shape index (κ2) is 5.58. The smallest absolute Gasteiger partial charge is 0.119 e. The molecule has 0 amide bonds. The van der Waals surface area contributed by atoms with Crippen LogP contribution in [0.5, 0.6) is 11.5 Å². The van der Waals surface area contributed by atoms with Crippen LogP contribution in [0.25, 0.3) is 10.8 Å². The molecular formula is C15H18O2. The average Bonchev–Trinajstić information content (AvgIpc) is 2.34. The van der Waals surface area contributed by atoms with Crippen LogP contribution in [0.2, 0.25) is 0 Å². The van der Waals surface area contributed by atoms with Gasteiger partial charge >= 0.3 is 0 Å². The van der Waals surface area contributed by atoms with Gasteiger partial charge in [0, 0.05) is 0 Å². The van der Waals surface area contributed by atoms with Crippen molar-refractivity contribution in [2.24, 2.45) is 0 Å². The van der Waals surface area contributed by atoms with Crippen LogP contribution in [-0.2, 0) is 0 Å². The third-order valence-corrected chi connectivity index (χ3v) is 2.81. The second-order valence-electron chi connectivity index (χ2n) is 4.25. The van der Waals surface area contributed by atoms with Crippen LogP contribution in [0.15, 0.2) is 36.4 Å². The Morgan fingerprint density at radius 2 is 1.82 bits per heavy atom. The van der Waals surface area contributed by atoms with E-state index in [0.717, 1.165) is 29.5 Å². The van der Waals surface area contributed by atoms with Crippen LogP contribution in [0.1, 0.15) is 26.2 Å². The van der Waals surface area contributed by atoms with Crippen molar-refractivity contribution in [2.45, 2.75) is 26.2 Å². The van der Waals surface area contributed by atoms with E-state index in [0.29, 0.717) is 5.75 Å². The molecule has 2 rings (SSSR count). The number of aromatic hydroxyl groups is 1. The van der Waals surface area contributed by atoms with Gasteiger partial charge in [-0.15, -0.1) is 0 Å². The third kappa shape index (κ3) is 3.13. The van der Waals surface area contributed by atoms with Crippen LogP contribution in [0.3, 0.4) is 0 Å². The van der Waals surface area contributed by atoms with E-state index >= 15 is 0 Å². The van der Waals surface area contributed by atoms with Crippen LogP contribution in [-0.4, -0.2) is 11.7 Å². The van der Waals surface area contributed by atoms with Crippen molar-refractivity contribution in [3.8, 4) is 11.5 Å². The van der Waals surface area contributed by atoms with Crippen LogP contribution < -0.4 is 4.74 Å². The maximum absolute atomic E-state index is 9.43. The summed E-state index contributed by atoms with van der Waals surface area (Å²) in [6.45, 7) is 2.94. The zero-order valence-electron chi connectivity index (χ0n) is 10.1. The zero-order chi connectivity index (χ0) is 12.1. The highest BCUT2D eigenvalue weighted by Gasteiger charge is 1.98. The Labute approximate surface area is 102 Å². The quantitative estimate of drug-likeness (QED) is 0.783. The monoisotopic (exact) mass is 230 g/mol. The minimum Gasteiger partial charge on any atom is -0.508 e. The second-order valence-corrected chi connectivity index (χ2v) is 4.25. The van der Waals surface area contributed by atoms with E-state index in [1.54, 1.807) is 12.1 Å². The largest absolute Gasteiger partial charge is 0.508 e. The van der Waals surface area contributed by atoms with Crippen molar-refractivity contribution in [1.29, 1.82) is 0 Å². The van der Waals surface area contributed by atoms with E-state index in [9.17, 15) is 5.11 Å². The predicted octanol–water partition coefficient (Wildman–Crippen LogP) is 4.11. The van der Waals surface area contributed by atoms with Gasteiger partial charge in [-0.3, -0.25) is 0 Å². The number of hydrogen-bond acceptors (Lipinski definition) is 2. The van der Waals surface area contributed by atoms with E-state index < -0.39 is 0 Å². The van der Waals surface area contributed by atoms with E-state index in [1.165, 1.54) is 12.8 Å². The molecule has 0 aliphatic rings. The summed E-state index contributed by atoms with van der Waals surface area (Å²) in [5.74, 6) is 1.17. The first-order chi connectivity index (χ1) is 8.29. The van der Waals surface area contributed by atoms with Gasteiger partial charge in [0.25, 0.3) is 0 Å². The van der Waals surface area contributed by atoms with Crippen molar-refractivity contribution >= 4 is 10.8 Å². The summed E-state index contributed by atoms with van der Waals surface area (Å²) in [5, 5.41) is 11.6. The van der Waals surface area contributed by atoms with Gasteiger partial charge in [-0.25, -0.2) is 0 Å². The van der Waals surface area contributed by atoms with Crippen molar-refractivity contribution in [3.63, 3.8) is 0 Å². The molecule has 0 atom stereocenters. The highest BCUT2D eigenvalue weighted by atomic mass is 16.5. The van der Waals surface area contributed by atoms with Gasteiger partial charge < -0.3 is 9.84 Å². The topological polar surface area (TPSA) is 29.5 Å². The van der Waals surface area contributed by atoms with E-state index in [2.05, 4.69) is 6.92 Å². The number of phenolic OH excluding ortho intramolecular Hbond substituents is 1. The molecule has 90 valence electrons. The lowest BCUT2D eigenvalue weighted by atomic mass is 10.1. The molecule has 2 aromatic rings. The molecule has 0 radical (unpaired) electrons. The van der Waals surface area contributed by atoms with Gasteiger partial charge in [0.05, 0.1) is 6.61 Å². The Morgan fingerprint density at radius 3 is 2.65 bits per heavy atom. The maximum atomic E-state index is 9.43. The third-order valence-electron chi connectivity index (χ3n) is 2.81. The SMILES string of the molecule is CCCCCOc1ccc2ccc(O)cc2c1. The van der Waals surface area contributed by atoms with Gasteiger partial charge in [-0.1, -0.05) is 31.9 Å². The average molecular weight is 230 g/mol. The number of fused-ring (bicyclic) bond motifs is 1. The van der Waals surface area contributed by atoms with Crippen LogP contribution >= 0.6 is 0 Å². The summed E-state index contributed by atoms with van der Waals surface area (Å²) in [6.07, 6.45) is 3.50. The lowest BCUT2D eigenvalue weighted by Crippen LogP contribution is -1.96. The number of unbranched alkanes of at least 4 members (excludes halogenated alkanes) is 2. The molecule has 17 heavy (non-hydrogen) atoms. The first-order valence-electron chi connectivity index (χ1n) is 6.15. The highest BCUT2D eigenvalue weighted by Crippen LogP contribution is 2.24. The molecule has 2 heteroatoms. The number of ether oxygens (including phenoxy) is 1. The highest BCUT2D eigenvalue weighted by molar-refractivity contribution is 5.85. The van der Waals surface area contributed by atoms with Gasteiger partial charge in [0.1, 0.15) is 11.5 Å². The standard InChI is InChI=1S/C15H18O2/c1-2-3-4-9-17-15-8-6-12-5-7-14(16)10-13(12)11-15/h5-8,10-11,16H,2-4,9H2,1H3. The van der Waals surface area contributed by atoms with Crippen LogP contribution in [0, 0.1) is 0 Å². The summed E-state index contributed by atoms with van der Waals surface area (Å²) < 4.78 is 5.67. The molecule has 0 heterocycles. The summed E-state index contributed by atoms with van der Waals surface area (Å²) in [6, 6.07) is 11.3. The molecule has 0 bridgehead atoms. The Morgan fingerprint density at radius 1 is 1.00 bits per heavy atom.